The monoisotopic (exact) mass is 266 g/mol. The first kappa shape index (κ1) is 11.3. The summed E-state index contributed by atoms with van der Waals surface area (Å²) in [6.07, 6.45) is 3.57. The smallest absolute Gasteiger partial charge is 0.339 e. The molecule has 2 aromatic heterocycles. The number of carboxylic acids is 1. The zero-order valence-corrected chi connectivity index (χ0v) is 10.1. The van der Waals surface area contributed by atoms with Gasteiger partial charge in [-0.1, -0.05) is 11.8 Å². The maximum atomic E-state index is 10.9. The third kappa shape index (κ3) is 2.10. The van der Waals surface area contributed by atoms with Gasteiger partial charge in [-0.3, -0.25) is 0 Å². The van der Waals surface area contributed by atoms with E-state index in [2.05, 4.69) is 15.5 Å². The van der Waals surface area contributed by atoms with Crippen LogP contribution in [0.15, 0.2) is 21.9 Å². The first-order chi connectivity index (χ1) is 8.75. The SMILES string of the molecule is O=C(O)c1ccoc1CSc1nnnn1C1CC1. The molecule has 1 aliphatic rings. The lowest BCUT2D eigenvalue weighted by atomic mass is 10.3. The van der Waals surface area contributed by atoms with Gasteiger partial charge in [-0.2, -0.15) is 0 Å². The van der Waals surface area contributed by atoms with E-state index in [4.69, 9.17) is 9.52 Å². The minimum absolute atomic E-state index is 0.188. The number of aromatic nitrogens is 4. The van der Waals surface area contributed by atoms with Crippen molar-refractivity contribution in [2.75, 3.05) is 0 Å². The van der Waals surface area contributed by atoms with Gasteiger partial charge in [0, 0.05) is 0 Å². The van der Waals surface area contributed by atoms with Crippen molar-refractivity contribution >= 4 is 17.7 Å². The maximum Gasteiger partial charge on any atom is 0.339 e. The van der Waals surface area contributed by atoms with Crippen LogP contribution < -0.4 is 0 Å². The number of aromatic carboxylic acids is 1. The maximum absolute atomic E-state index is 10.9. The zero-order chi connectivity index (χ0) is 12.5. The van der Waals surface area contributed by atoms with Crippen LogP contribution in [0.4, 0.5) is 0 Å². The van der Waals surface area contributed by atoms with E-state index in [0.29, 0.717) is 22.7 Å². The first-order valence-corrected chi connectivity index (χ1v) is 6.44. The molecule has 1 N–H and O–H groups in total. The minimum Gasteiger partial charge on any atom is -0.478 e. The number of tetrazole rings is 1. The molecular formula is C10H10N4O3S. The molecule has 18 heavy (non-hydrogen) atoms. The van der Waals surface area contributed by atoms with Crippen molar-refractivity contribution in [2.45, 2.75) is 29.8 Å². The lowest BCUT2D eigenvalue weighted by Gasteiger charge is -2.01. The molecule has 0 radical (unpaired) electrons. The summed E-state index contributed by atoms with van der Waals surface area (Å²) in [5.74, 6) is -0.152. The van der Waals surface area contributed by atoms with Crippen molar-refractivity contribution in [1.82, 2.24) is 20.2 Å². The van der Waals surface area contributed by atoms with Crippen LogP contribution in [0, 0.1) is 0 Å². The van der Waals surface area contributed by atoms with Crippen LogP contribution in [0.5, 0.6) is 0 Å². The van der Waals surface area contributed by atoms with Crippen LogP contribution in [0.25, 0.3) is 0 Å². The number of hydrogen-bond donors (Lipinski definition) is 1. The van der Waals surface area contributed by atoms with Crippen molar-refractivity contribution < 1.29 is 14.3 Å². The summed E-state index contributed by atoms with van der Waals surface area (Å²) in [4.78, 5) is 10.9. The van der Waals surface area contributed by atoms with Gasteiger partial charge in [-0.25, -0.2) is 9.48 Å². The van der Waals surface area contributed by atoms with Gasteiger partial charge in [0.2, 0.25) is 5.16 Å². The molecular weight excluding hydrogens is 256 g/mol. The molecule has 2 heterocycles. The fourth-order valence-corrected chi connectivity index (χ4v) is 2.50. The molecule has 2 aromatic rings. The van der Waals surface area contributed by atoms with E-state index in [-0.39, 0.29) is 5.56 Å². The summed E-state index contributed by atoms with van der Waals surface area (Å²) in [5.41, 5.74) is 0.188. The number of furan rings is 1. The number of rotatable bonds is 5. The Kier molecular flexibility index (Phi) is 2.78. The molecule has 1 fully saturated rings. The topological polar surface area (TPSA) is 94.0 Å². The van der Waals surface area contributed by atoms with Gasteiger partial charge in [0.15, 0.2) is 0 Å². The largest absolute Gasteiger partial charge is 0.478 e. The van der Waals surface area contributed by atoms with Crippen LogP contribution >= 0.6 is 11.8 Å². The molecule has 1 saturated carbocycles. The van der Waals surface area contributed by atoms with Crippen molar-refractivity contribution in [3.8, 4) is 0 Å². The average molecular weight is 266 g/mol. The van der Waals surface area contributed by atoms with Gasteiger partial charge in [0.05, 0.1) is 18.1 Å². The number of nitrogens with zero attached hydrogens (tertiary/aromatic N) is 4. The van der Waals surface area contributed by atoms with Crippen LogP contribution in [0.2, 0.25) is 0 Å². The van der Waals surface area contributed by atoms with Crippen molar-refractivity contribution in [2.24, 2.45) is 0 Å². The summed E-state index contributed by atoms with van der Waals surface area (Å²) in [6, 6.07) is 1.85. The molecule has 0 aromatic carbocycles. The number of carbonyl (C=O) groups is 1. The predicted octanol–water partition coefficient (Wildman–Crippen LogP) is 1.59. The average Bonchev–Trinajstić information content (AvgIpc) is 2.92. The Bertz CT molecular complexity index is 575. The van der Waals surface area contributed by atoms with Crippen molar-refractivity contribution in [3.63, 3.8) is 0 Å². The van der Waals surface area contributed by atoms with Gasteiger partial charge in [-0.15, -0.1) is 5.10 Å². The van der Waals surface area contributed by atoms with Gasteiger partial charge < -0.3 is 9.52 Å². The molecule has 94 valence electrons. The second kappa shape index (κ2) is 4.45. The molecule has 0 saturated heterocycles. The molecule has 8 heteroatoms. The first-order valence-electron chi connectivity index (χ1n) is 5.46. The van der Waals surface area contributed by atoms with Crippen LogP contribution in [0.3, 0.4) is 0 Å². The van der Waals surface area contributed by atoms with E-state index in [0.717, 1.165) is 12.8 Å². The van der Waals surface area contributed by atoms with E-state index in [9.17, 15) is 4.79 Å². The van der Waals surface area contributed by atoms with Crippen LogP contribution in [0.1, 0.15) is 35.0 Å². The number of thioether (sulfide) groups is 1. The molecule has 0 spiro atoms. The van der Waals surface area contributed by atoms with Gasteiger partial charge in [0.25, 0.3) is 0 Å². The molecule has 7 nitrogen and oxygen atoms in total. The second-order valence-corrected chi connectivity index (χ2v) is 4.93. The number of carboxylic acid groups (broad SMARTS) is 1. The van der Waals surface area contributed by atoms with E-state index >= 15 is 0 Å². The molecule has 1 aliphatic carbocycles. The van der Waals surface area contributed by atoms with Crippen LogP contribution in [-0.4, -0.2) is 31.3 Å². The summed E-state index contributed by atoms with van der Waals surface area (Å²) >= 11 is 1.38. The fourth-order valence-electron chi connectivity index (χ4n) is 1.60. The van der Waals surface area contributed by atoms with E-state index in [1.165, 1.54) is 24.1 Å². The normalized spacial score (nSPS) is 14.9. The molecule has 0 amide bonds. The summed E-state index contributed by atoms with van der Waals surface area (Å²) in [7, 11) is 0. The Morgan fingerprint density at radius 3 is 3.17 bits per heavy atom. The molecule has 0 bridgehead atoms. The predicted molar refractivity (Wildman–Crippen MR) is 61.3 cm³/mol. The highest BCUT2D eigenvalue weighted by Gasteiger charge is 2.28. The Morgan fingerprint density at radius 2 is 2.44 bits per heavy atom. The van der Waals surface area contributed by atoms with Crippen molar-refractivity contribution in [1.29, 1.82) is 0 Å². The van der Waals surface area contributed by atoms with Crippen LogP contribution in [-0.2, 0) is 5.75 Å². The standard InChI is InChI=1S/C10H10N4O3S/c15-9(16)7-3-4-17-8(7)5-18-10-11-12-13-14(10)6-1-2-6/h3-4,6H,1-2,5H2,(H,15,16). The molecule has 0 aliphatic heterocycles. The van der Waals surface area contributed by atoms with E-state index in [1.54, 1.807) is 4.68 Å². The highest BCUT2D eigenvalue weighted by atomic mass is 32.2. The Hall–Kier alpha value is -1.83. The zero-order valence-electron chi connectivity index (χ0n) is 9.31. The Balaban J connectivity index is 1.72. The van der Waals surface area contributed by atoms with Crippen molar-refractivity contribution in [3.05, 3.63) is 23.7 Å². The van der Waals surface area contributed by atoms with Gasteiger partial charge >= 0.3 is 5.97 Å². The summed E-state index contributed by atoms with van der Waals surface area (Å²) < 4.78 is 6.95. The molecule has 0 unspecified atom stereocenters. The Morgan fingerprint density at radius 1 is 1.61 bits per heavy atom. The lowest BCUT2D eigenvalue weighted by Crippen LogP contribution is -2.00. The van der Waals surface area contributed by atoms with Gasteiger partial charge in [0.1, 0.15) is 11.3 Å². The fraction of sp³-hybridized carbons (Fsp3) is 0.400. The number of hydrogen-bond acceptors (Lipinski definition) is 6. The lowest BCUT2D eigenvalue weighted by molar-refractivity contribution is 0.0695. The summed E-state index contributed by atoms with van der Waals surface area (Å²) in [6.45, 7) is 0. The quantitative estimate of drug-likeness (QED) is 0.821. The third-order valence-electron chi connectivity index (χ3n) is 2.66. The highest BCUT2D eigenvalue weighted by Crippen LogP contribution is 2.37. The molecule has 0 atom stereocenters. The summed E-state index contributed by atoms with van der Waals surface area (Å²) in [5, 5.41) is 21.1. The van der Waals surface area contributed by atoms with E-state index in [1.807, 2.05) is 0 Å². The minimum atomic E-state index is -0.985. The third-order valence-corrected chi connectivity index (χ3v) is 3.60. The highest BCUT2D eigenvalue weighted by molar-refractivity contribution is 7.98. The molecule has 3 rings (SSSR count). The second-order valence-electron chi connectivity index (χ2n) is 3.99. The van der Waals surface area contributed by atoms with E-state index < -0.39 is 5.97 Å². The Labute approximate surface area is 106 Å². The van der Waals surface area contributed by atoms with Gasteiger partial charge in [-0.05, 0) is 29.3 Å².